The lowest BCUT2D eigenvalue weighted by Gasteiger charge is -2.03. The van der Waals surface area contributed by atoms with Gasteiger partial charge < -0.3 is 15.2 Å². The molecule has 0 aliphatic rings. The molecule has 0 bridgehead atoms. The smallest absolute Gasteiger partial charge is 0.270 e. The Morgan fingerprint density at radius 2 is 2.30 bits per heavy atom. The number of rotatable bonds is 8. The van der Waals surface area contributed by atoms with E-state index in [2.05, 4.69) is 10.3 Å². The summed E-state index contributed by atoms with van der Waals surface area (Å²) in [7, 11) is 0. The molecule has 0 fully saturated rings. The molecule has 0 saturated heterocycles. The van der Waals surface area contributed by atoms with Gasteiger partial charge in [-0.3, -0.25) is 4.79 Å². The van der Waals surface area contributed by atoms with Gasteiger partial charge in [0.25, 0.3) is 5.91 Å². The topological polar surface area (TPSA) is 71.5 Å². The maximum absolute atomic E-state index is 11.9. The highest BCUT2D eigenvalue weighted by atomic mass is 32.1. The van der Waals surface area contributed by atoms with Crippen LogP contribution in [0.1, 0.15) is 16.9 Å². The van der Waals surface area contributed by atoms with E-state index < -0.39 is 0 Å². The van der Waals surface area contributed by atoms with E-state index >= 15 is 0 Å². The molecule has 0 aromatic carbocycles. The number of hydrogen-bond acceptors (Lipinski definition) is 6. The van der Waals surface area contributed by atoms with Gasteiger partial charge in [0.2, 0.25) is 0 Å². The number of aliphatic hydroxyl groups excluding tert-OH is 1. The fourth-order valence-electron chi connectivity index (χ4n) is 1.53. The Balaban J connectivity index is 1.76. The van der Waals surface area contributed by atoms with Crippen LogP contribution < -0.4 is 5.32 Å². The normalized spacial score (nSPS) is 10.7. The van der Waals surface area contributed by atoms with Crippen LogP contribution >= 0.6 is 22.7 Å². The fourth-order valence-corrected chi connectivity index (χ4v) is 3.04. The summed E-state index contributed by atoms with van der Waals surface area (Å²) in [4.78, 5) is 16.2. The maximum atomic E-state index is 11.9. The number of carbonyl (C=O) groups is 1. The van der Waals surface area contributed by atoms with Crippen LogP contribution in [0.5, 0.6) is 0 Å². The van der Waals surface area contributed by atoms with E-state index in [1.165, 1.54) is 11.3 Å². The number of nitrogens with zero attached hydrogens (tertiary/aromatic N) is 1. The molecule has 20 heavy (non-hydrogen) atoms. The Hall–Kier alpha value is -1.28. The SMILES string of the molecule is O=C(NCCCOCCO)c1csc(-c2ccsc2)n1. The van der Waals surface area contributed by atoms with Crippen LogP contribution in [0.2, 0.25) is 0 Å². The number of amides is 1. The molecule has 2 aromatic rings. The molecule has 0 unspecified atom stereocenters. The van der Waals surface area contributed by atoms with Crippen molar-refractivity contribution in [2.45, 2.75) is 6.42 Å². The Morgan fingerprint density at radius 3 is 3.05 bits per heavy atom. The van der Waals surface area contributed by atoms with E-state index in [4.69, 9.17) is 9.84 Å². The van der Waals surface area contributed by atoms with E-state index in [1.807, 2.05) is 16.8 Å². The highest BCUT2D eigenvalue weighted by Gasteiger charge is 2.11. The van der Waals surface area contributed by atoms with E-state index in [9.17, 15) is 4.79 Å². The third-order valence-electron chi connectivity index (χ3n) is 2.49. The van der Waals surface area contributed by atoms with E-state index in [-0.39, 0.29) is 12.5 Å². The van der Waals surface area contributed by atoms with Crippen LogP contribution in [0.25, 0.3) is 10.6 Å². The first kappa shape index (κ1) is 15.1. The van der Waals surface area contributed by atoms with Gasteiger partial charge in [-0.05, 0) is 17.9 Å². The van der Waals surface area contributed by atoms with Crippen molar-refractivity contribution in [1.29, 1.82) is 0 Å². The van der Waals surface area contributed by atoms with E-state index in [0.29, 0.717) is 31.9 Å². The first-order valence-corrected chi connectivity index (χ1v) is 8.08. The summed E-state index contributed by atoms with van der Waals surface area (Å²) in [5, 5.41) is 18.0. The molecule has 0 saturated carbocycles. The number of aromatic nitrogens is 1. The zero-order valence-electron chi connectivity index (χ0n) is 10.9. The summed E-state index contributed by atoms with van der Waals surface area (Å²) in [6.07, 6.45) is 0.716. The van der Waals surface area contributed by atoms with Gasteiger partial charge in [-0.1, -0.05) is 0 Å². The minimum absolute atomic E-state index is 0.0243. The number of hydrogen-bond donors (Lipinski definition) is 2. The lowest BCUT2D eigenvalue weighted by Crippen LogP contribution is -2.25. The molecule has 2 N–H and O–H groups in total. The molecule has 0 aliphatic heterocycles. The predicted molar refractivity (Wildman–Crippen MR) is 80.3 cm³/mol. The van der Waals surface area contributed by atoms with E-state index in [1.54, 1.807) is 16.7 Å². The molecule has 0 spiro atoms. The van der Waals surface area contributed by atoms with Gasteiger partial charge in [-0.2, -0.15) is 11.3 Å². The monoisotopic (exact) mass is 312 g/mol. The zero-order chi connectivity index (χ0) is 14.2. The van der Waals surface area contributed by atoms with Crippen molar-refractivity contribution in [3.63, 3.8) is 0 Å². The molecule has 0 radical (unpaired) electrons. The highest BCUT2D eigenvalue weighted by molar-refractivity contribution is 7.14. The second-order valence-corrected chi connectivity index (χ2v) is 5.63. The van der Waals surface area contributed by atoms with Crippen LogP contribution in [0, 0.1) is 0 Å². The average Bonchev–Trinajstić information content (AvgIpc) is 3.12. The molecule has 2 heterocycles. The van der Waals surface area contributed by atoms with Gasteiger partial charge in [0, 0.05) is 29.5 Å². The lowest BCUT2D eigenvalue weighted by atomic mass is 10.3. The molecule has 0 aliphatic carbocycles. The Morgan fingerprint density at radius 1 is 1.40 bits per heavy atom. The quantitative estimate of drug-likeness (QED) is 0.731. The maximum Gasteiger partial charge on any atom is 0.270 e. The van der Waals surface area contributed by atoms with Crippen LogP contribution in [0.15, 0.2) is 22.2 Å². The van der Waals surface area contributed by atoms with Gasteiger partial charge in [-0.25, -0.2) is 4.98 Å². The van der Waals surface area contributed by atoms with Crippen molar-refractivity contribution in [2.24, 2.45) is 0 Å². The molecule has 108 valence electrons. The number of thiophene rings is 1. The van der Waals surface area contributed by atoms with Gasteiger partial charge in [0.1, 0.15) is 10.7 Å². The second-order valence-electron chi connectivity index (χ2n) is 4.00. The zero-order valence-corrected chi connectivity index (χ0v) is 12.5. The van der Waals surface area contributed by atoms with Crippen molar-refractivity contribution < 1.29 is 14.6 Å². The number of aliphatic hydroxyl groups is 1. The van der Waals surface area contributed by atoms with Crippen molar-refractivity contribution >= 4 is 28.6 Å². The minimum Gasteiger partial charge on any atom is -0.394 e. The van der Waals surface area contributed by atoms with E-state index in [0.717, 1.165) is 10.6 Å². The molecule has 7 heteroatoms. The largest absolute Gasteiger partial charge is 0.394 e. The third-order valence-corrected chi connectivity index (χ3v) is 4.07. The molecule has 2 rings (SSSR count). The summed E-state index contributed by atoms with van der Waals surface area (Å²) in [5.41, 5.74) is 1.50. The summed E-state index contributed by atoms with van der Waals surface area (Å²) >= 11 is 3.08. The molecule has 2 aromatic heterocycles. The third kappa shape index (κ3) is 4.38. The molecular formula is C13H16N2O3S2. The van der Waals surface area contributed by atoms with Crippen molar-refractivity contribution in [1.82, 2.24) is 10.3 Å². The first-order valence-electron chi connectivity index (χ1n) is 6.26. The number of thiazole rings is 1. The van der Waals surface area contributed by atoms with Gasteiger partial charge in [-0.15, -0.1) is 11.3 Å². The van der Waals surface area contributed by atoms with Crippen LogP contribution in [0.3, 0.4) is 0 Å². The Bertz CT molecular complexity index is 525. The molecular weight excluding hydrogens is 296 g/mol. The van der Waals surface area contributed by atoms with Gasteiger partial charge in [0.15, 0.2) is 0 Å². The second kappa shape index (κ2) is 8.11. The van der Waals surface area contributed by atoms with Crippen LogP contribution in [-0.4, -0.2) is 42.4 Å². The number of nitrogens with one attached hydrogen (secondary N) is 1. The van der Waals surface area contributed by atoms with Crippen LogP contribution in [0.4, 0.5) is 0 Å². The Labute approximate surface area is 125 Å². The van der Waals surface area contributed by atoms with Gasteiger partial charge in [0.05, 0.1) is 13.2 Å². The number of carbonyl (C=O) groups excluding carboxylic acids is 1. The van der Waals surface area contributed by atoms with Crippen molar-refractivity contribution in [2.75, 3.05) is 26.4 Å². The Kier molecular flexibility index (Phi) is 6.13. The van der Waals surface area contributed by atoms with Crippen LogP contribution in [-0.2, 0) is 4.74 Å². The number of ether oxygens (including phenoxy) is 1. The summed E-state index contributed by atoms with van der Waals surface area (Å²) in [5.74, 6) is -0.162. The summed E-state index contributed by atoms with van der Waals surface area (Å²) in [6.45, 7) is 1.42. The molecule has 0 atom stereocenters. The fraction of sp³-hybridized carbons (Fsp3) is 0.385. The summed E-state index contributed by atoms with van der Waals surface area (Å²) < 4.78 is 5.11. The van der Waals surface area contributed by atoms with Crippen molar-refractivity contribution in [3.8, 4) is 10.6 Å². The lowest BCUT2D eigenvalue weighted by molar-refractivity contribution is 0.0866. The molecule has 5 nitrogen and oxygen atoms in total. The van der Waals surface area contributed by atoms with Crippen molar-refractivity contribution in [3.05, 3.63) is 27.9 Å². The predicted octanol–water partition coefficient (Wildman–Crippen LogP) is 2.00. The molecule has 1 amide bonds. The average molecular weight is 312 g/mol. The highest BCUT2D eigenvalue weighted by Crippen LogP contribution is 2.25. The first-order chi connectivity index (χ1) is 9.81. The van der Waals surface area contributed by atoms with Gasteiger partial charge >= 0.3 is 0 Å². The summed E-state index contributed by atoms with van der Waals surface area (Å²) in [6, 6.07) is 1.99. The minimum atomic E-state index is -0.162. The standard InChI is InChI=1S/C13H16N2O3S2/c16-4-6-18-5-1-3-14-12(17)11-9-20-13(15-11)10-2-7-19-8-10/h2,7-9,16H,1,3-6H2,(H,14,17).